The van der Waals surface area contributed by atoms with E-state index in [-0.39, 0.29) is 11.5 Å². The lowest BCUT2D eigenvalue weighted by Gasteiger charge is -2.26. The van der Waals surface area contributed by atoms with Crippen molar-refractivity contribution in [2.45, 2.75) is 27.7 Å². The van der Waals surface area contributed by atoms with Gasteiger partial charge in [-0.25, -0.2) is 4.42 Å². The molecule has 48 heavy (non-hydrogen) atoms. The van der Waals surface area contributed by atoms with E-state index in [1.54, 1.807) is 0 Å². The fourth-order valence-corrected chi connectivity index (χ4v) is 6.03. The minimum absolute atomic E-state index is 0.00659. The number of rotatable bonds is 6. The van der Waals surface area contributed by atoms with Crippen LogP contribution in [0.2, 0.25) is 0 Å². The van der Waals surface area contributed by atoms with Crippen molar-refractivity contribution < 1.29 is 19.1 Å². The zero-order valence-corrected chi connectivity index (χ0v) is 27.4. The Hall–Kier alpha value is -6.00. The average molecular weight is 628 g/mol. The Morgan fingerprint density at radius 3 is 1.58 bits per heavy atom. The SMILES string of the molecule is C/C(C1=C(O)/C(=C(/C)c2cc(-c3ccccc3)[o+]c(-c3ccc(C)cc3)c2)C1=O)=C1\C=C(c2ccccc2)OC(c2ccc(C)cc2)=C1. The number of ketones is 1. The van der Waals surface area contributed by atoms with Gasteiger partial charge in [-0.05, 0) is 86.4 Å². The van der Waals surface area contributed by atoms with E-state index in [0.29, 0.717) is 45.3 Å². The Labute approximate surface area is 281 Å². The van der Waals surface area contributed by atoms with Crippen LogP contribution in [0, 0.1) is 13.8 Å². The van der Waals surface area contributed by atoms with E-state index in [9.17, 15) is 9.90 Å². The summed E-state index contributed by atoms with van der Waals surface area (Å²) in [5, 5.41) is 11.5. The second-order valence-electron chi connectivity index (χ2n) is 12.3. The summed E-state index contributed by atoms with van der Waals surface area (Å²) in [4.78, 5) is 14.0. The van der Waals surface area contributed by atoms with Gasteiger partial charge >= 0.3 is 11.5 Å². The number of hydrogen-bond acceptors (Lipinski definition) is 3. The molecule has 0 saturated carbocycles. The molecule has 234 valence electrons. The van der Waals surface area contributed by atoms with E-state index in [2.05, 4.69) is 0 Å². The largest absolute Gasteiger partial charge is 0.506 e. The highest BCUT2D eigenvalue weighted by Gasteiger charge is 2.38. The van der Waals surface area contributed by atoms with Crippen molar-refractivity contribution in [3.8, 4) is 22.6 Å². The van der Waals surface area contributed by atoms with Gasteiger partial charge in [0.2, 0.25) is 5.78 Å². The summed E-state index contributed by atoms with van der Waals surface area (Å²) in [6, 6.07) is 39.9. The van der Waals surface area contributed by atoms with Crippen molar-refractivity contribution in [2.24, 2.45) is 0 Å². The molecular formula is C44H35O4+. The Kier molecular flexibility index (Phi) is 8.08. The smallest absolute Gasteiger partial charge is 0.361 e. The first-order chi connectivity index (χ1) is 23.3. The van der Waals surface area contributed by atoms with Crippen molar-refractivity contribution in [1.82, 2.24) is 0 Å². The summed E-state index contributed by atoms with van der Waals surface area (Å²) in [5.74, 6) is 2.50. The molecule has 0 fully saturated rings. The molecular weight excluding hydrogens is 592 g/mol. The van der Waals surface area contributed by atoms with E-state index in [1.165, 1.54) is 0 Å². The minimum Gasteiger partial charge on any atom is -0.506 e. The molecule has 0 atom stereocenters. The van der Waals surface area contributed by atoms with Gasteiger partial charge in [-0.15, -0.1) is 0 Å². The minimum atomic E-state index is -0.194. The molecule has 5 aromatic rings. The molecule has 1 aromatic heterocycles. The lowest BCUT2D eigenvalue weighted by Crippen LogP contribution is -2.25. The quantitative estimate of drug-likeness (QED) is 0.150. The highest BCUT2D eigenvalue weighted by atomic mass is 16.5. The number of ether oxygens (including phenoxy) is 1. The molecule has 2 aliphatic rings. The lowest BCUT2D eigenvalue weighted by atomic mass is 9.78. The zero-order valence-electron chi connectivity index (χ0n) is 27.4. The maximum atomic E-state index is 14.0. The van der Waals surface area contributed by atoms with Gasteiger partial charge in [-0.3, -0.25) is 4.79 Å². The molecule has 0 unspecified atom stereocenters. The second kappa shape index (κ2) is 12.7. The van der Waals surface area contributed by atoms with Gasteiger partial charge in [-0.1, -0.05) is 96.1 Å². The zero-order chi connectivity index (χ0) is 33.4. The molecule has 4 nitrogen and oxygen atoms in total. The first-order valence-electron chi connectivity index (χ1n) is 16.0. The molecule has 0 radical (unpaired) electrons. The topological polar surface area (TPSA) is 57.8 Å². The van der Waals surface area contributed by atoms with Crippen LogP contribution in [-0.2, 0) is 9.53 Å². The number of allylic oxidation sites excluding steroid dienone is 7. The highest BCUT2D eigenvalue weighted by Crippen LogP contribution is 2.42. The summed E-state index contributed by atoms with van der Waals surface area (Å²) >= 11 is 0. The van der Waals surface area contributed by atoms with Crippen LogP contribution in [0.15, 0.2) is 166 Å². The number of Topliss-reactive ketones (excluding diaryl/α,β-unsaturated/α-hetero) is 1. The van der Waals surface area contributed by atoms with Crippen LogP contribution in [0.4, 0.5) is 0 Å². The second-order valence-corrected chi connectivity index (χ2v) is 12.3. The van der Waals surface area contributed by atoms with Gasteiger partial charge in [0.1, 0.15) is 17.3 Å². The highest BCUT2D eigenvalue weighted by molar-refractivity contribution is 6.25. The standard InChI is InChI=1S/C44H34O4/c1-27-15-19-33(20-16-27)39-25-35(23-37(47-39)31-11-7-5-8-12-31)29(3)41-43(45)42(44(41)46)30(4)36-24-38(32-13-9-6-10-14-32)48-40(26-36)34-21-17-28(2)18-22-34/h5-26H,1-4H3/p+1. The molecule has 1 aliphatic heterocycles. The molecule has 4 aromatic carbocycles. The first-order valence-corrected chi connectivity index (χ1v) is 16.0. The number of aliphatic hydroxyl groups is 1. The van der Waals surface area contributed by atoms with Crippen LogP contribution >= 0.6 is 0 Å². The predicted molar refractivity (Wildman–Crippen MR) is 193 cm³/mol. The van der Waals surface area contributed by atoms with Crippen molar-refractivity contribution in [2.75, 3.05) is 0 Å². The summed E-state index contributed by atoms with van der Waals surface area (Å²) < 4.78 is 12.8. The number of carbonyl (C=O) groups excluding carboxylic acids is 1. The van der Waals surface area contributed by atoms with Crippen LogP contribution < -0.4 is 0 Å². The Bertz CT molecular complexity index is 2210. The maximum Gasteiger partial charge on any atom is 0.361 e. The van der Waals surface area contributed by atoms with Crippen LogP contribution in [0.5, 0.6) is 0 Å². The maximum absolute atomic E-state index is 14.0. The molecule has 0 amide bonds. The fourth-order valence-electron chi connectivity index (χ4n) is 6.03. The van der Waals surface area contributed by atoms with Crippen LogP contribution in [0.25, 0.3) is 39.7 Å². The average Bonchev–Trinajstić information content (AvgIpc) is 3.12. The van der Waals surface area contributed by atoms with Gasteiger partial charge in [0.15, 0.2) is 0 Å². The van der Waals surface area contributed by atoms with Crippen LogP contribution in [0.3, 0.4) is 0 Å². The molecule has 1 N–H and O–H groups in total. The van der Waals surface area contributed by atoms with Crippen molar-refractivity contribution in [3.05, 3.63) is 189 Å². The van der Waals surface area contributed by atoms with Crippen LogP contribution in [0.1, 0.15) is 41.7 Å². The summed E-state index contributed by atoms with van der Waals surface area (Å²) in [6.07, 6.45) is 3.87. The summed E-state index contributed by atoms with van der Waals surface area (Å²) in [5.41, 5.74) is 9.59. The predicted octanol–water partition coefficient (Wildman–Crippen LogP) is 11.1. The van der Waals surface area contributed by atoms with Gasteiger partial charge in [-0.2, -0.15) is 0 Å². The van der Waals surface area contributed by atoms with E-state index in [1.807, 2.05) is 161 Å². The van der Waals surface area contributed by atoms with Gasteiger partial charge in [0.25, 0.3) is 0 Å². The molecule has 0 spiro atoms. The molecule has 4 heteroatoms. The first kappa shape index (κ1) is 30.6. The molecule has 0 saturated heterocycles. The van der Waals surface area contributed by atoms with E-state index < -0.39 is 0 Å². The number of hydrogen-bond donors (Lipinski definition) is 1. The monoisotopic (exact) mass is 627 g/mol. The molecule has 2 heterocycles. The number of aryl methyl sites for hydroxylation is 2. The van der Waals surface area contributed by atoms with Gasteiger partial charge < -0.3 is 9.84 Å². The number of aliphatic hydroxyl groups excluding tert-OH is 1. The molecule has 0 bridgehead atoms. The third-order valence-electron chi connectivity index (χ3n) is 8.92. The van der Waals surface area contributed by atoms with Crippen molar-refractivity contribution in [1.29, 1.82) is 0 Å². The third kappa shape index (κ3) is 5.85. The number of benzene rings is 4. The Morgan fingerprint density at radius 2 is 1.06 bits per heavy atom. The fraction of sp³-hybridized carbons (Fsp3) is 0.0909. The third-order valence-corrected chi connectivity index (χ3v) is 8.92. The van der Waals surface area contributed by atoms with Crippen LogP contribution in [-0.4, -0.2) is 10.9 Å². The van der Waals surface area contributed by atoms with Crippen molar-refractivity contribution >= 4 is 22.9 Å². The Morgan fingerprint density at radius 1 is 0.604 bits per heavy atom. The lowest BCUT2D eigenvalue weighted by molar-refractivity contribution is -0.113. The molecule has 1 aliphatic carbocycles. The van der Waals surface area contributed by atoms with E-state index in [4.69, 9.17) is 9.15 Å². The van der Waals surface area contributed by atoms with E-state index in [0.717, 1.165) is 44.5 Å². The summed E-state index contributed by atoms with van der Waals surface area (Å²) in [7, 11) is 0. The Balaban J connectivity index is 1.34. The number of carbonyl (C=O) groups is 1. The van der Waals surface area contributed by atoms with Gasteiger partial charge in [0.05, 0.1) is 34.4 Å². The normalized spacial score (nSPS) is 16.5. The summed E-state index contributed by atoms with van der Waals surface area (Å²) in [6.45, 7) is 7.85. The molecule has 7 rings (SSSR count). The van der Waals surface area contributed by atoms with Crippen molar-refractivity contribution in [3.63, 3.8) is 0 Å². The van der Waals surface area contributed by atoms with E-state index >= 15 is 0 Å². The van der Waals surface area contributed by atoms with Gasteiger partial charge in [0, 0.05) is 11.1 Å².